The van der Waals surface area contributed by atoms with Crippen LogP contribution in [0.25, 0.3) is 27.3 Å². The van der Waals surface area contributed by atoms with Gasteiger partial charge in [-0.05, 0) is 24.3 Å². The number of fused-ring (bicyclic) bond motifs is 1. The van der Waals surface area contributed by atoms with Gasteiger partial charge in [-0.1, -0.05) is 42.1 Å². The summed E-state index contributed by atoms with van der Waals surface area (Å²) in [5.41, 5.74) is 3.13. The van der Waals surface area contributed by atoms with Gasteiger partial charge in [0.15, 0.2) is 5.65 Å². The van der Waals surface area contributed by atoms with E-state index in [9.17, 15) is 4.39 Å². The highest BCUT2D eigenvalue weighted by molar-refractivity contribution is 7.98. The van der Waals surface area contributed by atoms with Gasteiger partial charge >= 0.3 is 0 Å². The van der Waals surface area contributed by atoms with Crippen LogP contribution in [-0.4, -0.2) is 24.7 Å². The van der Waals surface area contributed by atoms with E-state index in [2.05, 4.69) is 20.1 Å². The van der Waals surface area contributed by atoms with Crippen LogP contribution in [0.4, 0.5) is 4.39 Å². The van der Waals surface area contributed by atoms with E-state index >= 15 is 0 Å². The van der Waals surface area contributed by atoms with Gasteiger partial charge in [0, 0.05) is 16.7 Å². The fraction of sp³-hybridized carbons (Fsp3) is 0.0476. The highest BCUT2D eigenvalue weighted by Gasteiger charge is 2.13. The molecule has 29 heavy (non-hydrogen) atoms. The number of aromatic nitrogens is 5. The molecular formula is C21H14FN5S2. The van der Waals surface area contributed by atoms with Crippen LogP contribution < -0.4 is 0 Å². The van der Waals surface area contributed by atoms with Crippen molar-refractivity contribution in [3.05, 3.63) is 84.0 Å². The lowest BCUT2D eigenvalue weighted by Crippen LogP contribution is -1.97. The molecule has 5 rings (SSSR count). The van der Waals surface area contributed by atoms with Gasteiger partial charge < -0.3 is 0 Å². The minimum absolute atomic E-state index is 0.258. The zero-order chi connectivity index (χ0) is 19.6. The van der Waals surface area contributed by atoms with E-state index in [1.807, 2.05) is 41.8 Å². The van der Waals surface area contributed by atoms with E-state index in [1.54, 1.807) is 41.1 Å². The second-order valence-corrected chi connectivity index (χ2v) is 8.04. The lowest BCUT2D eigenvalue weighted by Gasteiger charge is -2.03. The van der Waals surface area contributed by atoms with Crippen LogP contribution in [-0.2, 0) is 5.75 Å². The Hall–Kier alpha value is -3.10. The molecule has 0 fully saturated rings. The number of rotatable bonds is 5. The molecule has 0 saturated carbocycles. The molecule has 0 bridgehead atoms. The Bertz CT molecular complexity index is 1280. The number of halogens is 1. The molecule has 0 aliphatic heterocycles. The minimum atomic E-state index is -0.258. The van der Waals surface area contributed by atoms with Crippen molar-refractivity contribution in [2.24, 2.45) is 0 Å². The van der Waals surface area contributed by atoms with Crippen molar-refractivity contribution < 1.29 is 4.39 Å². The predicted molar refractivity (Wildman–Crippen MR) is 114 cm³/mol. The molecule has 0 amide bonds. The summed E-state index contributed by atoms with van der Waals surface area (Å²) < 4.78 is 15.8. The third kappa shape index (κ3) is 3.52. The maximum absolute atomic E-state index is 14.0. The SMILES string of the molecule is Fc1ccccc1-c1nc(CSc2ncnc3c2cnn3-c2ccccc2)cs1. The number of para-hydroxylation sites is 1. The van der Waals surface area contributed by atoms with Crippen LogP contribution >= 0.6 is 23.1 Å². The normalized spacial score (nSPS) is 11.2. The first-order valence-electron chi connectivity index (χ1n) is 8.86. The van der Waals surface area contributed by atoms with E-state index in [4.69, 9.17) is 0 Å². The van der Waals surface area contributed by atoms with Crippen molar-refractivity contribution >= 4 is 34.1 Å². The Morgan fingerprint density at radius 1 is 1.00 bits per heavy atom. The van der Waals surface area contributed by atoms with Crippen molar-refractivity contribution in [3.8, 4) is 16.3 Å². The number of hydrogen-bond donors (Lipinski definition) is 0. The molecule has 0 aliphatic rings. The van der Waals surface area contributed by atoms with Crippen LogP contribution in [0.2, 0.25) is 0 Å². The second kappa shape index (κ2) is 7.73. The maximum atomic E-state index is 14.0. The Morgan fingerprint density at radius 2 is 1.83 bits per heavy atom. The minimum Gasteiger partial charge on any atom is -0.240 e. The largest absolute Gasteiger partial charge is 0.240 e. The quantitative estimate of drug-likeness (QED) is 0.283. The summed E-state index contributed by atoms with van der Waals surface area (Å²) in [6.45, 7) is 0. The summed E-state index contributed by atoms with van der Waals surface area (Å²) >= 11 is 3.01. The summed E-state index contributed by atoms with van der Waals surface area (Å²) in [6, 6.07) is 16.6. The first-order valence-corrected chi connectivity index (χ1v) is 10.7. The molecular weight excluding hydrogens is 405 g/mol. The summed E-state index contributed by atoms with van der Waals surface area (Å²) in [5, 5.41) is 8.86. The van der Waals surface area contributed by atoms with Gasteiger partial charge in [0.25, 0.3) is 0 Å². The Labute approximate surface area is 174 Å². The zero-order valence-corrected chi connectivity index (χ0v) is 16.7. The lowest BCUT2D eigenvalue weighted by atomic mass is 10.2. The highest BCUT2D eigenvalue weighted by Crippen LogP contribution is 2.31. The third-order valence-electron chi connectivity index (χ3n) is 4.34. The van der Waals surface area contributed by atoms with Crippen LogP contribution in [0.1, 0.15) is 5.69 Å². The number of benzene rings is 2. The second-order valence-electron chi connectivity index (χ2n) is 6.22. The van der Waals surface area contributed by atoms with E-state index in [0.717, 1.165) is 27.4 Å². The number of nitrogens with zero attached hydrogens (tertiary/aromatic N) is 5. The van der Waals surface area contributed by atoms with E-state index in [1.165, 1.54) is 17.4 Å². The zero-order valence-electron chi connectivity index (χ0n) is 15.1. The predicted octanol–water partition coefficient (Wildman–Crippen LogP) is 5.37. The molecule has 0 unspecified atom stereocenters. The fourth-order valence-corrected chi connectivity index (χ4v) is 4.78. The van der Waals surface area contributed by atoms with Crippen molar-refractivity contribution in [2.75, 3.05) is 0 Å². The number of hydrogen-bond acceptors (Lipinski definition) is 6. The van der Waals surface area contributed by atoms with Gasteiger partial charge in [-0.3, -0.25) is 0 Å². The average molecular weight is 420 g/mol. The molecule has 0 atom stereocenters. The molecule has 5 aromatic rings. The molecule has 8 heteroatoms. The molecule has 142 valence electrons. The fourth-order valence-electron chi connectivity index (χ4n) is 2.97. The maximum Gasteiger partial charge on any atom is 0.167 e. The number of thioether (sulfide) groups is 1. The van der Waals surface area contributed by atoms with Crippen LogP contribution in [0.3, 0.4) is 0 Å². The molecule has 0 spiro atoms. The Morgan fingerprint density at radius 3 is 2.69 bits per heavy atom. The van der Waals surface area contributed by atoms with Crippen molar-refractivity contribution in [1.82, 2.24) is 24.7 Å². The standard InChI is InChI=1S/C21H14FN5S2/c22-18-9-5-4-8-16(18)21-26-14(12-29-21)11-28-20-17-10-25-27(19(17)23-13-24-20)15-6-2-1-3-7-15/h1-10,12-13H,11H2. The summed E-state index contributed by atoms with van der Waals surface area (Å²) in [5.74, 6) is 0.375. The average Bonchev–Trinajstić information content (AvgIpc) is 3.41. The first kappa shape index (κ1) is 18.0. The van der Waals surface area contributed by atoms with Crippen molar-refractivity contribution in [1.29, 1.82) is 0 Å². The summed E-state index contributed by atoms with van der Waals surface area (Å²) in [7, 11) is 0. The smallest absolute Gasteiger partial charge is 0.167 e. The molecule has 2 aromatic carbocycles. The third-order valence-corrected chi connectivity index (χ3v) is 6.31. The highest BCUT2D eigenvalue weighted by atomic mass is 32.2. The topological polar surface area (TPSA) is 56.5 Å². The lowest BCUT2D eigenvalue weighted by molar-refractivity contribution is 0.631. The Balaban J connectivity index is 1.39. The van der Waals surface area contributed by atoms with Gasteiger partial charge in [-0.2, -0.15) is 5.10 Å². The van der Waals surface area contributed by atoms with Crippen molar-refractivity contribution in [3.63, 3.8) is 0 Å². The van der Waals surface area contributed by atoms with Gasteiger partial charge in [-0.15, -0.1) is 11.3 Å². The number of thiazole rings is 1. The van der Waals surface area contributed by atoms with Gasteiger partial charge in [0.2, 0.25) is 0 Å². The van der Waals surface area contributed by atoms with Crippen LogP contribution in [0, 0.1) is 5.82 Å². The monoisotopic (exact) mass is 419 g/mol. The van der Waals surface area contributed by atoms with Crippen LogP contribution in [0.15, 0.2) is 77.5 Å². The Kier molecular flexibility index (Phi) is 4.79. The van der Waals surface area contributed by atoms with Gasteiger partial charge in [0.1, 0.15) is 22.2 Å². The molecule has 0 radical (unpaired) electrons. The van der Waals surface area contributed by atoms with Gasteiger partial charge in [-0.25, -0.2) is 24.0 Å². The van der Waals surface area contributed by atoms with Gasteiger partial charge in [0.05, 0.1) is 23.0 Å². The molecule has 5 nitrogen and oxygen atoms in total. The van der Waals surface area contributed by atoms with Crippen LogP contribution in [0.5, 0.6) is 0 Å². The molecule has 3 aromatic heterocycles. The molecule has 0 saturated heterocycles. The summed E-state index contributed by atoms with van der Waals surface area (Å²) in [6.07, 6.45) is 3.34. The van der Waals surface area contributed by atoms with E-state index in [0.29, 0.717) is 16.3 Å². The first-order chi connectivity index (χ1) is 14.3. The molecule has 3 heterocycles. The summed E-state index contributed by atoms with van der Waals surface area (Å²) in [4.78, 5) is 13.4. The van der Waals surface area contributed by atoms with E-state index in [-0.39, 0.29) is 5.82 Å². The van der Waals surface area contributed by atoms with Crippen molar-refractivity contribution in [2.45, 2.75) is 10.8 Å². The molecule has 0 N–H and O–H groups in total. The molecule has 0 aliphatic carbocycles. The van der Waals surface area contributed by atoms with E-state index < -0.39 is 0 Å².